The van der Waals surface area contributed by atoms with Crippen LogP contribution in [0.3, 0.4) is 0 Å². The van der Waals surface area contributed by atoms with E-state index in [0.29, 0.717) is 19.5 Å². The molecule has 1 saturated heterocycles. The van der Waals surface area contributed by atoms with Gasteiger partial charge in [-0.3, -0.25) is 4.98 Å². The van der Waals surface area contributed by atoms with Crippen molar-refractivity contribution in [3.63, 3.8) is 0 Å². The third-order valence-electron chi connectivity index (χ3n) is 5.75. The van der Waals surface area contributed by atoms with Gasteiger partial charge in [0.15, 0.2) is 0 Å². The van der Waals surface area contributed by atoms with Crippen molar-refractivity contribution in [1.29, 1.82) is 0 Å². The maximum atomic E-state index is 12.9. The number of sulfonamides is 1. The molecule has 0 spiro atoms. The van der Waals surface area contributed by atoms with E-state index in [1.165, 1.54) is 0 Å². The Labute approximate surface area is 184 Å². The highest BCUT2D eigenvalue weighted by atomic mass is 32.2. The van der Waals surface area contributed by atoms with Crippen LogP contribution in [0.2, 0.25) is 0 Å². The average Bonchev–Trinajstić information content (AvgIpc) is 2.81. The molecule has 0 aliphatic carbocycles. The molecule has 0 bridgehead atoms. The third-order valence-corrected chi connectivity index (χ3v) is 7.58. The van der Waals surface area contributed by atoms with Crippen LogP contribution in [0, 0.1) is 6.92 Å². The highest BCUT2D eigenvalue weighted by Crippen LogP contribution is 2.28. The lowest BCUT2D eigenvalue weighted by Crippen LogP contribution is -2.40. The Kier molecular flexibility index (Phi) is 6.63. The van der Waals surface area contributed by atoms with Gasteiger partial charge in [0.2, 0.25) is 10.0 Å². The molecule has 3 aromatic rings. The van der Waals surface area contributed by atoms with E-state index < -0.39 is 10.0 Å². The minimum Gasteiger partial charge on any atom is -0.339 e. The lowest BCUT2D eigenvalue weighted by atomic mass is 9.95. The molecule has 1 aliphatic rings. The summed E-state index contributed by atoms with van der Waals surface area (Å²) in [5.74, 6) is 1.07. The molecule has 2 aromatic heterocycles. The molecule has 31 heavy (non-hydrogen) atoms. The number of benzene rings is 1. The Morgan fingerprint density at radius 2 is 1.90 bits per heavy atom. The lowest BCUT2D eigenvalue weighted by molar-refractivity contribution is 0.312. The van der Waals surface area contributed by atoms with Crippen molar-refractivity contribution in [3.8, 4) is 0 Å². The Hall–Kier alpha value is -2.77. The number of pyridine rings is 2. The zero-order valence-corrected chi connectivity index (χ0v) is 18.6. The number of hydrogen-bond acceptors (Lipinski definition) is 5. The van der Waals surface area contributed by atoms with E-state index in [1.807, 2.05) is 61.5 Å². The van der Waals surface area contributed by atoms with Gasteiger partial charge in [-0.1, -0.05) is 36.4 Å². The topological polar surface area (TPSA) is 75.2 Å². The molecule has 4 rings (SSSR count). The summed E-state index contributed by atoms with van der Waals surface area (Å²) < 4.78 is 27.5. The fraction of sp³-hybridized carbons (Fsp3) is 0.333. The first kappa shape index (κ1) is 21.5. The fourth-order valence-electron chi connectivity index (χ4n) is 3.93. The minimum atomic E-state index is -3.29. The quantitative estimate of drug-likeness (QED) is 0.598. The summed E-state index contributed by atoms with van der Waals surface area (Å²) >= 11 is 0. The first-order valence-electron chi connectivity index (χ1n) is 10.7. The number of aryl methyl sites for hydroxylation is 2. The second-order valence-corrected chi connectivity index (χ2v) is 10.1. The normalized spacial score (nSPS) is 17.4. The summed E-state index contributed by atoms with van der Waals surface area (Å²) in [4.78, 5) is 8.98. The summed E-state index contributed by atoms with van der Waals surface area (Å²) in [6, 6.07) is 17.7. The molecule has 3 heterocycles. The van der Waals surface area contributed by atoms with E-state index in [9.17, 15) is 8.42 Å². The van der Waals surface area contributed by atoms with E-state index in [4.69, 9.17) is 0 Å². The highest BCUT2D eigenvalue weighted by molar-refractivity contribution is 7.89. The van der Waals surface area contributed by atoms with Crippen molar-refractivity contribution < 1.29 is 8.42 Å². The standard InChI is InChI=1S/C24H28N4O2S/c1-19-7-5-14-25-24(19)27-22-11-12-23(26-17-22)21-10-6-15-28(18-21)31(29,30)16-13-20-8-3-2-4-9-20/h2-5,7-9,11-12,14,17,21H,6,10,13,15-16,18H2,1H3,(H,25,27)/t21-/m1/s1. The van der Waals surface area contributed by atoms with Crippen molar-refractivity contribution >= 4 is 21.5 Å². The van der Waals surface area contributed by atoms with Gasteiger partial charge in [0.05, 0.1) is 17.6 Å². The molecule has 0 amide bonds. The first-order chi connectivity index (χ1) is 15.0. The van der Waals surface area contributed by atoms with Crippen molar-refractivity contribution in [2.45, 2.75) is 32.1 Å². The number of nitrogens with one attached hydrogen (secondary N) is 1. The number of nitrogens with zero attached hydrogens (tertiary/aromatic N) is 3. The number of anilines is 2. The predicted octanol–water partition coefficient (Wildman–Crippen LogP) is 4.28. The summed E-state index contributed by atoms with van der Waals surface area (Å²) in [5, 5.41) is 3.29. The van der Waals surface area contributed by atoms with E-state index >= 15 is 0 Å². The van der Waals surface area contributed by atoms with Gasteiger partial charge in [0.25, 0.3) is 0 Å². The molecule has 0 unspecified atom stereocenters. The van der Waals surface area contributed by atoms with Crippen molar-refractivity contribution in [2.75, 3.05) is 24.2 Å². The van der Waals surface area contributed by atoms with Gasteiger partial charge in [0.1, 0.15) is 5.82 Å². The second kappa shape index (κ2) is 9.58. The van der Waals surface area contributed by atoms with Crippen LogP contribution in [0.4, 0.5) is 11.5 Å². The number of hydrogen-bond donors (Lipinski definition) is 1. The first-order valence-corrected chi connectivity index (χ1v) is 12.3. The predicted molar refractivity (Wildman–Crippen MR) is 124 cm³/mol. The van der Waals surface area contributed by atoms with E-state index in [2.05, 4.69) is 15.3 Å². The second-order valence-electron chi connectivity index (χ2n) is 8.01. The maximum Gasteiger partial charge on any atom is 0.214 e. The molecule has 1 aliphatic heterocycles. The van der Waals surface area contributed by atoms with Crippen LogP contribution in [0.25, 0.3) is 0 Å². The molecule has 1 fully saturated rings. The molecular formula is C24H28N4O2S. The van der Waals surface area contributed by atoms with Crippen LogP contribution in [0.15, 0.2) is 67.0 Å². The summed E-state index contributed by atoms with van der Waals surface area (Å²) in [6.45, 7) is 3.09. The van der Waals surface area contributed by atoms with Crippen molar-refractivity contribution in [3.05, 3.63) is 83.8 Å². The lowest BCUT2D eigenvalue weighted by Gasteiger charge is -2.31. The van der Waals surface area contributed by atoms with Crippen molar-refractivity contribution in [1.82, 2.24) is 14.3 Å². The molecular weight excluding hydrogens is 408 g/mol. The maximum absolute atomic E-state index is 12.9. The SMILES string of the molecule is Cc1cccnc1Nc1ccc([C@@H]2CCCN(S(=O)(=O)CCc3ccccc3)C2)nc1. The number of rotatable bonds is 7. The van der Waals surface area contributed by atoms with E-state index in [0.717, 1.165) is 41.2 Å². The molecule has 1 atom stereocenters. The smallest absolute Gasteiger partial charge is 0.214 e. The zero-order chi connectivity index (χ0) is 21.7. The molecule has 6 nitrogen and oxygen atoms in total. The summed E-state index contributed by atoms with van der Waals surface area (Å²) in [7, 11) is -3.29. The molecule has 7 heteroatoms. The van der Waals surface area contributed by atoms with E-state index in [-0.39, 0.29) is 11.7 Å². The number of aromatic nitrogens is 2. The highest BCUT2D eigenvalue weighted by Gasteiger charge is 2.30. The Balaban J connectivity index is 1.39. The third kappa shape index (κ3) is 5.48. The molecule has 162 valence electrons. The largest absolute Gasteiger partial charge is 0.339 e. The Bertz CT molecular complexity index is 1100. The minimum absolute atomic E-state index is 0.117. The van der Waals surface area contributed by atoms with Gasteiger partial charge in [-0.2, -0.15) is 0 Å². The van der Waals surface area contributed by atoms with Gasteiger partial charge < -0.3 is 5.32 Å². The number of piperidine rings is 1. The fourth-order valence-corrected chi connectivity index (χ4v) is 5.50. The van der Waals surface area contributed by atoms with E-state index in [1.54, 1.807) is 16.7 Å². The van der Waals surface area contributed by atoms with Crippen LogP contribution in [0.5, 0.6) is 0 Å². The molecule has 0 saturated carbocycles. The Morgan fingerprint density at radius 3 is 2.65 bits per heavy atom. The summed E-state index contributed by atoms with van der Waals surface area (Å²) in [5.41, 5.74) is 3.92. The van der Waals surface area contributed by atoms with Gasteiger partial charge >= 0.3 is 0 Å². The van der Waals surface area contributed by atoms with Crippen LogP contribution < -0.4 is 5.32 Å². The zero-order valence-electron chi connectivity index (χ0n) is 17.7. The van der Waals surface area contributed by atoms with Crippen molar-refractivity contribution in [2.24, 2.45) is 0 Å². The summed E-state index contributed by atoms with van der Waals surface area (Å²) in [6.07, 6.45) is 5.89. The van der Waals surface area contributed by atoms with Gasteiger partial charge in [-0.15, -0.1) is 0 Å². The van der Waals surface area contributed by atoms with Crippen LogP contribution >= 0.6 is 0 Å². The molecule has 1 aromatic carbocycles. The molecule has 0 radical (unpaired) electrons. The van der Waals surface area contributed by atoms with Gasteiger partial charge in [-0.05, 0) is 55.5 Å². The van der Waals surface area contributed by atoms with Crippen LogP contribution in [-0.4, -0.2) is 41.5 Å². The van der Waals surface area contributed by atoms with Gasteiger partial charge in [0, 0.05) is 30.9 Å². The monoisotopic (exact) mass is 436 g/mol. The average molecular weight is 437 g/mol. The van der Waals surface area contributed by atoms with Crippen LogP contribution in [-0.2, 0) is 16.4 Å². The Morgan fingerprint density at radius 1 is 1.06 bits per heavy atom. The van der Waals surface area contributed by atoms with Crippen LogP contribution in [0.1, 0.15) is 35.6 Å². The molecule has 1 N–H and O–H groups in total. The van der Waals surface area contributed by atoms with Gasteiger partial charge in [-0.25, -0.2) is 17.7 Å².